The molecule has 2 amide bonds. The number of likely N-dealkylation sites (tertiary alicyclic amines) is 1. The van der Waals surface area contributed by atoms with Gasteiger partial charge in [0.25, 0.3) is 0 Å². The minimum Gasteiger partial charge on any atom is -0.357 e. The Morgan fingerprint density at radius 2 is 2.07 bits per heavy atom. The third-order valence-electron chi connectivity index (χ3n) is 4.68. The summed E-state index contributed by atoms with van der Waals surface area (Å²) in [5, 5.41) is 10.1. The van der Waals surface area contributed by atoms with Crippen molar-refractivity contribution in [1.82, 2.24) is 15.5 Å². The molecule has 0 spiro atoms. The van der Waals surface area contributed by atoms with Gasteiger partial charge >= 0.3 is 0 Å². The molecular formula is C20H31ClIN5O2. The molecular weight excluding hydrogens is 505 g/mol. The summed E-state index contributed by atoms with van der Waals surface area (Å²) in [4.78, 5) is 30.4. The number of halogens is 2. The summed E-state index contributed by atoms with van der Waals surface area (Å²) in [5.41, 5.74) is 1.57. The van der Waals surface area contributed by atoms with Crippen LogP contribution in [0.25, 0.3) is 0 Å². The first-order valence-electron chi connectivity index (χ1n) is 9.82. The number of guanidine groups is 1. The average molecular weight is 536 g/mol. The van der Waals surface area contributed by atoms with E-state index in [2.05, 4.69) is 20.9 Å². The van der Waals surface area contributed by atoms with Crippen LogP contribution in [0, 0.1) is 6.92 Å². The zero-order chi connectivity index (χ0) is 20.5. The topological polar surface area (TPSA) is 85.8 Å². The van der Waals surface area contributed by atoms with E-state index in [4.69, 9.17) is 11.6 Å². The van der Waals surface area contributed by atoms with E-state index in [0.29, 0.717) is 30.5 Å². The molecule has 1 aromatic carbocycles. The van der Waals surface area contributed by atoms with Gasteiger partial charge in [-0.2, -0.15) is 0 Å². The molecule has 0 radical (unpaired) electrons. The van der Waals surface area contributed by atoms with Crippen LogP contribution in [0.5, 0.6) is 0 Å². The van der Waals surface area contributed by atoms with Gasteiger partial charge in [-0.15, -0.1) is 24.0 Å². The molecule has 1 saturated heterocycles. The predicted octanol–water partition coefficient (Wildman–Crippen LogP) is 3.16. The molecule has 0 aromatic heterocycles. The van der Waals surface area contributed by atoms with Crippen molar-refractivity contribution >= 4 is 59.0 Å². The number of amides is 2. The van der Waals surface area contributed by atoms with Crippen LogP contribution >= 0.6 is 35.6 Å². The fraction of sp³-hybridized carbons (Fsp3) is 0.550. The van der Waals surface area contributed by atoms with Gasteiger partial charge in [0, 0.05) is 49.2 Å². The molecule has 1 atom stereocenters. The number of benzene rings is 1. The van der Waals surface area contributed by atoms with Crippen LogP contribution in [0.3, 0.4) is 0 Å². The Balaban J connectivity index is 0.00000420. The molecule has 0 aliphatic carbocycles. The molecule has 2 rings (SSSR count). The third-order valence-corrected chi connectivity index (χ3v) is 5.09. The number of carbonyl (C=O) groups is 2. The van der Waals surface area contributed by atoms with Crippen LogP contribution < -0.4 is 16.0 Å². The lowest BCUT2D eigenvalue weighted by Crippen LogP contribution is -2.45. The summed E-state index contributed by atoms with van der Waals surface area (Å²) in [6.07, 6.45) is 1.69. The van der Waals surface area contributed by atoms with Crippen molar-refractivity contribution in [2.75, 3.05) is 31.5 Å². The van der Waals surface area contributed by atoms with Crippen LogP contribution in [0.1, 0.15) is 38.7 Å². The van der Waals surface area contributed by atoms with Crippen LogP contribution in [-0.4, -0.2) is 54.9 Å². The Morgan fingerprint density at radius 1 is 1.31 bits per heavy atom. The molecule has 9 heteroatoms. The minimum atomic E-state index is -0.106. The summed E-state index contributed by atoms with van der Waals surface area (Å²) in [5.74, 6) is 0.745. The van der Waals surface area contributed by atoms with Gasteiger partial charge in [-0.1, -0.05) is 24.6 Å². The van der Waals surface area contributed by atoms with E-state index < -0.39 is 0 Å². The highest BCUT2D eigenvalue weighted by molar-refractivity contribution is 14.0. The first-order chi connectivity index (χ1) is 13.4. The van der Waals surface area contributed by atoms with Gasteiger partial charge in [0.15, 0.2) is 5.96 Å². The average Bonchev–Trinajstić information content (AvgIpc) is 3.13. The monoisotopic (exact) mass is 535 g/mol. The lowest BCUT2D eigenvalue weighted by Gasteiger charge is -2.18. The van der Waals surface area contributed by atoms with Crippen molar-refractivity contribution in [3.8, 4) is 0 Å². The fourth-order valence-electron chi connectivity index (χ4n) is 3.07. The van der Waals surface area contributed by atoms with Gasteiger partial charge in [-0.25, -0.2) is 0 Å². The first kappa shape index (κ1) is 25.5. The van der Waals surface area contributed by atoms with Crippen LogP contribution in [0.15, 0.2) is 23.2 Å². The maximum absolute atomic E-state index is 12.2. The fourth-order valence-corrected chi connectivity index (χ4v) is 3.24. The highest BCUT2D eigenvalue weighted by Gasteiger charge is 2.25. The molecule has 1 aliphatic rings. The highest BCUT2D eigenvalue weighted by atomic mass is 127. The summed E-state index contributed by atoms with van der Waals surface area (Å²) < 4.78 is 0. The third kappa shape index (κ3) is 8.00. The molecule has 7 nitrogen and oxygen atoms in total. The lowest BCUT2D eigenvalue weighted by atomic mass is 10.2. The zero-order valence-electron chi connectivity index (χ0n) is 17.3. The van der Waals surface area contributed by atoms with Crippen molar-refractivity contribution in [2.45, 2.75) is 46.1 Å². The molecule has 0 saturated carbocycles. The van der Waals surface area contributed by atoms with Crippen molar-refractivity contribution in [2.24, 2.45) is 4.99 Å². The second kappa shape index (κ2) is 12.9. The maximum Gasteiger partial charge on any atom is 0.226 e. The Bertz CT molecular complexity index is 729. The minimum absolute atomic E-state index is 0. The smallest absolute Gasteiger partial charge is 0.226 e. The molecule has 0 bridgehead atoms. The largest absolute Gasteiger partial charge is 0.357 e. The Morgan fingerprint density at radius 3 is 2.76 bits per heavy atom. The number of rotatable bonds is 7. The second-order valence-electron chi connectivity index (χ2n) is 6.79. The van der Waals surface area contributed by atoms with E-state index >= 15 is 0 Å². The van der Waals surface area contributed by atoms with Gasteiger partial charge in [-0.05, 0) is 38.0 Å². The number of carbonyl (C=O) groups excluding carboxylic acids is 2. The van der Waals surface area contributed by atoms with E-state index in [1.165, 1.54) is 0 Å². The quantitative estimate of drug-likeness (QED) is 0.284. The van der Waals surface area contributed by atoms with Gasteiger partial charge in [-0.3, -0.25) is 14.6 Å². The highest BCUT2D eigenvalue weighted by Crippen LogP contribution is 2.22. The molecule has 1 heterocycles. The Hall–Kier alpha value is -1.55. The number of nitrogens with zero attached hydrogens (tertiary/aromatic N) is 2. The maximum atomic E-state index is 12.2. The van der Waals surface area contributed by atoms with Crippen molar-refractivity contribution < 1.29 is 9.59 Å². The number of nitrogens with one attached hydrogen (secondary N) is 3. The van der Waals surface area contributed by atoms with Gasteiger partial charge in [0.2, 0.25) is 11.8 Å². The summed E-state index contributed by atoms with van der Waals surface area (Å²) in [6.45, 7) is 8.29. The molecule has 1 aromatic rings. The standard InChI is InChI=1S/C20H30ClN5O2.HI/c1-4-19(28)26-12-10-15(13-26)24-20(22-5-2)23-11-9-18(27)25-17-8-6-7-16(21)14(17)3;/h6-8,15H,4-5,9-13H2,1-3H3,(H,25,27)(H2,22,23,24);1H. The van der Waals surface area contributed by atoms with Crippen LogP contribution in [0.4, 0.5) is 5.69 Å². The number of aliphatic imine (C=N–C) groups is 1. The molecule has 162 valence electrons. The summed E-state index contributed by atoms with van der Waals surface area (Å²) in [7, 11) is 0. The van der Waals surface area contributed by atoms with Crippen molar-refractivity contribution in [3.05, 3.63) is 28.8 Å². The van der Waals surface area contributed by atoms with Crippen molar-refractivity contribution in [1.29, 1.82) is 0 Å². The number of hydrogen-bond acceptors (Lipinski definition) is 3. The van der Waals surface area contributed by atoms with Crippen LogP contribution in [0.2, 0.25) is 5.02 Å². The van der Waals surface area contributed by atoms with Crippen LogP contribution in [-0.2, 0) is 9.59 Å². The van der Waals surface area contributed by atoms with Gasteiger partial charge in [0.1, 0.15) is 0 Å². The number of hydrogen-bond donors (Lipinski definition) is 3. The predicted molar refractivity (Wildman–Crippen MR) is 129 cm³/mol. The lowest BCUT2D eigenvalue weighted by molar-refractivity contribution is -0.129. The molecule has 1 aliphatic heterocycles. The van der Waals surface area contributed by atoms with Crippen molar-refractivity contribution in [3.63, 3.8) is 0 Å². The molecule has 29 heavy (non-hydrogen) atoms. The zero-order valence-corrected chi connectivity index (χ0v) is 20.3. The number of anilines is 1. The molecule has 3 N–H and O–H groups in total. The Labute approximate surface area is 195 Å². The van der Waals surface area contributed by atoms with E-state index in [0.717, 1.165) is 30.8 Å². The summed E-state index contributed by atoms with van der Waals surface area (Å²) in [6, 6.07) is 5.61. The second-order valence-corrected chi connectivity index (χ2v) is 7.20. The first-order valence-corrected chi connectivity index (χ1v) is 10.2. The summed E-state index contributed by atoms with van der Waals surface area (Å²) >= 11 is 6.08. The normalized spacial score (nSPS) is 16.2. The van der Waals surface area contributed by atoms with E-state index in [1.807, 2.05) is 37.8 Å². The van der Waals surface area contributed by atoms with E-state index in [9.17, 15) is 9.59 Å². The van der Waals surface area contributed by atoms with E-state index in [-0.39, 0.29) is 48.3 Å². The van der Waals surface area contributed by atoms with E-state index in [1.54, 1.807) is 6.07 Å². The van der Waals surface area contributed by atoms with Gasteiger partial charge < -0.3 is 20.9 Å². The van der Waals surface area contributed by atoms with Gasteiger partial charge in [0.05, 0.1) is 6.54 Å². The SMILES string of the molecule is CCNC(=NCCC(=O)Nc1cccc(Cl)c1C)NC1CCN(C(=O)CC)C1.I. The molecule has 1 fully saturated rings. The molecule has 1 unspecified atom stereocenters. The Kier molecular flexibility index (Phi) is 11.3.